The van der Waals surface area contributed by atoms with Crippen molar-refractivity contribution in [3.8, 4) is 0 Å². The van der Waals surface area contributed by atoms with E-state index in [1.165, 1.54) is 18.4 Å². The van der Waals surface area contributed by atoms with Crippen LogP contribution in [-0.4, -0.2) is 50.8 Å². The number of nitrogens with zero attached hydrogens (tertiary/aromatic N) is 1. The van der Waals surface area contributed by atoms with Gasteiger partial charge in [-0.15, -0.1) is 11.3 Å². The third-order valence-electron chi connectivity index (χ3n) is 3.45. The summed E-state index contributed by atoms with van der Waals surface area (Å²) in [7, 11) is -2.63. The zero-order valence-electron chi connectivity index (χ0n) is 12.6. The van der Waals surface area contributed by atoms with Crippen molar-refractivity contribution < 1.29 is 22.7 Å². The summed E-state index contributed by atoms with van der Waals surface area (Å²) in [6.07, 6.45) is -0.302. The first-order chi connectivity index (χ1) is 10.3. The quantitative estimate of drug-likeness (QED) is 0.798. The molecule has 1 saturated heterocycles. The Morgan fingerprint density at radius 2 is 2.18 bits per heavy atom. The van der Waals surface area contributed by atoms with Gasteiger partial charge in [0.05, 0.1) is 18.4 Å². The van der Waals surface area contributed by atoms with E-state index in [9.17, 15) is 18.0 Å². The van der Waals surface area contributed by atoms with Crippen LogP contribution in [0.5, 0.6) is 0 Å². The summed E-state index contributed by atoms with van der Waals surface area (Å²) in [5, 5.41) is 2.58. The van der Waals surface area contributed by atoms with Crippen molar-refractivity contribution in [2.75, 3.05) is 20.2 Å². The molecule has 1 N–H and O–H groups in total. The highest BCUT2D eigenvalue weighted by molar-refractivity contribution is 7.89. The smallest absolute Gasteiger partial charge is 0.307 e. The van der Waals surface area contributed by atoms with Gasteiger partial charge in [0.1, 0.15) is 6.04 Å². The number of thiophene rings is 1. The Morgan fingerprint density at radius 1 is 1.50 bits per heavy atom. The number of esters is 1. The van der Waals surface area contributed by atoms with Gasteiger partial charge in [-0.05, 0) is 19.9 Å². The number of sulfonamides is 1. The lowest BCUT2D eigenvalue weighted by atomic mass is 10.1. The SMILES string of the molecule is COC(=O)C[C@H]1C(=O)NCCN1S(=O)(=O)c1cc(C)sc1C. The molecule has 0 unspecified atom stereocenters. The van der Waals surface area contributed by atoms with Crippen LogP contribution in [0.15, 0.2) is 11.0 Å². The third kappa shape index (κ3) is 3.16. The highest BCUT2D eigenvalue weighted by Gasteiger charge is 2.40. The van der Waals surface area contributed by atoms with Gasteiger partial charge in [-0.3, -0.25) is 9.59 Å². The van der Waals surface area contributed by atoms with Crippen LogP contribution in [-0.2, 0) is 24.3 Å². The maximum Gasteiger partial charge on any atom is 0.307 e. The van der Waals surface area contributed by atoms with E-state index < -0.39 is 27.9 Å². The number of aryl methyl sites for hydroxylation is 2. The first-order valence-electron chi connectivity index (χ1n) is 6.70. The monoisotopic (exact) mass is 346 g/mol. The van der Waals surface area contributed by atoms with Crippen LogP contribution in [0.4, 0.5) is 0 Å². The van der Waals surface area contributed by atoms with Gasteiger partial charge >= 0.3 is 5.97 Å². The van der Waals surface area contributed by atoms with Gasteiger partial charge in [0.2, 0.25) is 15.9 Å². The number of methoxy groups -OCH3 is 1. The molecule has 1 aromatic rings. The van der Waals surface area contributed by atoms with Crippen LogP contribution in [0.3, 0.4) is 0 Å². The molecule has 22 heavy (non-hydrogen) atoms. The summed E-state index contributed by atoms with van der Waals surface area (Å²) < 4.78 is 31.3. The molecule has 1 aromatic heterocycles. The molecular weight excluding hydrogens is 328 g/mol. The Morgan fingerprint density at radius 3 is 2.73 bits per heavy atom. The fourth-order valence-corrected chi connectivity index (χ4v) is 5.52. The molecule has 1 aliphatic heterocycles. The highest BCUT2D eigenvalue weighted by Crippen LogP contribution is 2.29. The molecule has 0 spiro atoms. The summed E-state index contributed by atoms with van der Waals surface area (Å²) in [4.78, 5) is 25.2. The summed E-state index contributed by atoms with van der Waals surface area (Å²) in [6.45, 7) is 3.90. The number of hydrogen-bond donors (Lipinski definition) is 1. The van der Waals surface area contributed by atoms with E-state index >= 15 is 0 Å². The molecule has 1 amide bonds. The van der Waals surface area contributed by atoms with Crippen molar-refractivity contribution >= 4 is 33.2 Å². The topological polar surface area (TPSA) is 92.8 Å². The molecule has 9 heteroatoms. The first-order valence-corrected chi connectivity index (χ1v) is 8.96. The predicted octanol–water partition coefficient (Wildman–Crippen LogP) is 0.417. The van der Waals surface area contributed by atoms with Crippen LogP contribution in [0.25, 0.3) is 0 Å². The van der Waals surface area contributed by atoms with Crippen LogP contribution in [0, 0.1) is 13.8 Å². The van der Waals surface area contributed by atoms with Gasteiger partial charge in [-0.2, -0.15) is 4.31 Å². The molecule has 7 nitrogen and oxygen atoms in total. The zero-order valence-corrected chi connectivity index (χ0v) is 14.2. The number of rotatable bonds is 4. The van der Waals surface area contributed by atoms with E-state index in [1.54, 1.807) is 13.0 Å². The molecule has 1 aliphatic rings. The Hall–Kier alpha value is -1.45. The second-order valence-corrected chi connectivity index (χ2v) is 8.30. The van der Waals surface area contributed by atoms with Gasteiger partial charge in [0.25, 0.3) is 0 Å². The maximum atomic E-state index is 12.8. The molecule has 0 saturated carbocycles. The summed E-state index contributed by atoms with van der Waals surface area (Å²) in [5.74, 6) is -1.11. The molecule has 0 bridgehead atoms. The second-order valence-electron chi connectivity index (χ2n) is 4.98. The Balaban J connectivity index is 2.40. The van der Waals surface area contributed by atoms with E-state index in [4.69, 9.17) is 0 Å². The predicted molar refractivity (Wildman–Crippen MR) is 81.1 cm³/mol. The zero-order chi connectivity index (χ0) is 16.5. The highest BCUT2D eigenvalue weighted by atomic mass is 32.2. The minimum atomic E-state index is -3.83. The summed E-state index contributed by atoms with van der Waals surface area (Å²) >= 11 is 1.38. The van der Waals surface area contributed by atoms with E-state index in [2.05, 4.69) is 10.1 Å². The number of hydrogen-bond acceptors (Lipinski definition) is 6. The second kappa shape index (κ2) is 6.35. The Bertz CT molecular complexity index is 695. The lowest BCUT2D eigenvalue weighted by Crippen LogP contribution is -2.57. The van der Waals surface area contributed by atoms with E-state index in [-0.39, 0.29) is 24.4 Å². The molecule has 2 heterocycles. The minimum absolute atomic E-state index is 0.129. The number of piperazine rings is 1. The summed E-state index contributed by atoms with van der Waals surface area (Å²) in [6, 6.07) is 0.516. The van der Waals surface area contributed by atoms with Crippen molar-refractivity contribution in [3.63, 3.8) is 0 Å². The van der Waals surface area contributed by atoms with Crippen molar-refractivity contribution in [3.05, 3.63) is 15.8 Å². The molecular formula is C13H18N2O5S2. The number of carbonyl (C=O) groups excluding carboxylic acids is 2. The van der Waals surface area contributed by atoms with Gasteiger partial charge < -0.3 is 10.1 Å². The standard InChI is InChI=1S/C13H18N2O5S2/c1-8-6-11(9(2)21-8)22(18,19)15-5-4-14-13(17)10(15)7-12(16)20-3/h6,10H,4-5,7H2,1-3H3,(H,14,17)/t10-/m0/s1. The lowest BCUT2D eigenvalue weighted by molar-refractivity contribution is -0.144. The van der Waals surface area contributed by atoms with Crippen molar-refractivity contribution in [1.82, 2.24) is 9.62 Å². The fourth-order valence-electron chi connectivity index (χ4n) is 2.41. The molecule has 0 radical (unpaired) electrons. The Kier molecular flexibility index (Phi) is 4.88. The van der Waals surface area contributed by atoms with Crippen LogP contribution < -0.4 is 5.32 Å². The Labute approximate surface area is 133 Å². The van der Waals surface area contributed by atoms with E-state index in [0.29, 0.717) is 4.88 Å². The average molecular weight is 346 g/mol. The van der Waals surface area contributed by atoms with Crippen molar-refractivity contribution in [2.24, 2.45) is 0 Å². The molecule has 122 valence electrons. The van der Waals surface area contributed by atoms with Gasteiger partial charge in [0, 0.05) is 22.8 Å². The van der Waals surface area contributed by atoms with Crippen LogP contribution >= 0.6 is 11.3 Å². The fraction of sp³-hybridized carbons (Fsp3) is 0.538. The third-order valence-corrected chi connectivity index (χ3v) is 6.58. The van der Waals surface area contributed by atoms with E-state index in [0.717, 1.165) is 9.18 Å². The molecule has 0 aliphatic carbocycles. The van der Waals surface area contributed by atoms with E-state index in [1.807, 2.05) is 6.92 Å². The van der Waals surface area contributed by atoms with Crippen LogP contribution in [0.1, 0.15) is 16.2 Å². The molecule has 1 fully saturated rings. The van der Waals surface area contributed by atoms with Gasteiger partial charge in [-0.1, -0.05) is 0 Å². The van der Waals surface area contributed by atoms with Crippen LogP contribution in [0.2, 0.25) is 0 Å². The van der Waals surface area contributed by atoms with Crippen molar-refractivity contribution in [2.45, 2.75) is 31.2 Å². The molecule has 1 atom stereocenters. The largest absolute Gasteiger partial charge is 0.469 e. The molecule has 0 aromatic carbocycles. The average Bonchev–Trinajstić information content (AvgIpc) is 2.80. The van der Waals surface area contributed by atoms with Gasteiger partial charge in [-0.25, -0.2) is 8.42 Å². The number of amides is 1. The number of carbonyl (C=O) groups is 2. The maximum absolute atomic E-state index is 12.8. The first kappa shape index (κ1) is 16.9. The van der Waals surface area contributed by atoms with Crippen molar-refractivity contribution in [1.29, 1.82) is 0 Å². The lowest BCUT2D eigenvalue weighted by Gasteiger charge is -2.33. The molecule has 2 rings (SSSR count). The summed E-state index contributed by atoms with van der Waals surface area (Å²) in [5.41, 5.74) is 0. The minimum Gasteiger partial charge on any atom is -0.469 e. The number of ether oxygens (including phenoxy) is 1. The normalized spacial score (nSPS) is 19.8. The number of nitrogens with one attached hydrogen (secondary N) is 1. The van der Waals surface area contributed by atoms with Gasteiger partial charge in [0.15, 0.2) is 0 Å².